The summed E-state index contributed by atoms with van der Waals surface area (Å²) in [5.74, 6) is 0. The second-order valence-corrected chi connectivity index (χ2v) is 3.88. The molecule has 0 aliphatic rings. The highest BCUT2D eigenvalue weighted by Crippen LogP contribution is 2.22. The molecule has 6 nitrogen and oxygen atoms in total. The van der Waals surface area contributed by atoms with Crippen LogP contribution >= 0.6 is 0 Å². The van der Waals surface area contributed by atoms with Gasteiger partial charge in [-0.3, -0.25) is 15.5 Å². The molecule has 1 N–H and O–H groups in total. The first-order valence-electron chi connectivity index (χ1n) is 5.73. The average molecular weight is 266 g/mol. The van der Waals surface area contributed by atoms with Crippen LogP contribution in [0, 0.1) is 21.4 Å². The summed E-state index contributed by atoms with van der Waals surface area (Å²) in [5.41, 5.74) is 4.27. The number of nitrogens with one attached hydrogen (secondary N) is 1. The zero-order chi connectivity index (χ0) is 14.4. The number of hydrogen-bond acceptors (Lipinski definition) is 5. The van der Waals surface area contributed by atoms with Gasteiger partial charge < -0.3 is 0 Å². The standard InChI is InChI=1S/C14H10N4O2/c15-9-11-5-7-12(8-6-11)10-16-17-13-3-1-2-4-14(13)18(19)20/h1-8,10,17H/b16-10+. The largest absolute Gasteiger partial charge is 0.294 e. The van der Waals surface area contributed by atoms with Crippen molar-refractivity contribution in [3.63, 3.8) is 0 Å². The van der Waals surface area contributed by atoms with Gasteiger partial charge in [-0.25, -0.2) is 0 Å². The van der Waals surface area contributed by atoms with Crippen molar-refractivity contribution >= 4 is 17.6 Å². The predicted octanol–water partition coefficient (Wildman–Crippen LogP) is 2.91. The Morgan fingerprint density at radius 2 is 1.90 bits per heavy atom. The van der Waals surface area contributed by atoms with Crippen LogP contribution in [0.4, 0.5) is 11.4 Å². The van der Waals surface area contributed by atoms with E-state index in [0.717, 1.165) is 5.56 Å². The molecule has 0 saturated heterocycles. The number of hydrazone groups is 1. The van der Waals surface area contributed by atoms with Crippen LogP contribution in [0.1, 0.15) is 11.1 Å². The predicted molar refractivity (Wildman–Crippen MR) is 75.5 cm³/mol. The van der Waals surface area contributed by atoms with Gasteiger partial charge in [0.05, 0.1) is 22.8 Å². The van der Waals surface area contributed by atoms with Crippen LogP contribution < -0.4 is 5.43 Å². The second kappa shape index (κ2) is 6.11. The smallest absolute Gasteiger partial charge is 0.272 e. The summed E-state index contributed by atoms with van der Waals surface area (Å²) >= 11 is 0. The van der Waals surface area contributed by atoms with Crippen molar-refractivity contribution in [2.24, 2.45) is 5.10 Å². The first-order valence-corrected chi connectivity index (χ1v) is 5.73. The Bertz CT molecular complexity index is 687. The Balaban J connectivity index is 2.10. The van der Waals surface area contributed by atoms with E-state index >= 15 is 0 Å². The third-order valence-electron chi connectivity index (χ3n) is 2.54. The third-order valence-corrected chi connectivity index (χ3v) is 2.54. The number of para-hydroxylation sites is 2. The number of benzene rings is 2. The molecule has 2 rings (SSSR count). The maximum Gasteiger partial charge on any atom is 0.294 e. The minimum absolute atomic E-state index is 0.0375. The Kier molecular flexibility index (Phi) is 4.04. The van der Waals surface area contributed by atoms with Gasteiger partial charge in [-0.2, -0.15) is 10.4 Å². The lowest BCUT2D eigenvalue weighted by molar-refractivity contribution is -0.384. The van der Waals surface area contributed by atoms with E-state index in [1.165, 1.54) is 12.3 Å². The third kappa shape index (κ3) is 3.17. The Hall–Kier alpha value is -3.20. The topological polar surface area (TPSA) is 91.3 Å². The van der Waals surface area contributed by atoms with Crippen molar-refractivity contribution in [1.82, 2.24) is 0 Å². The highest BCUT2D eigenvalue weighted by atomic mass is 16.6. The molecule has 20 heavy (non-hydrogen) atoms. The number of nitrogens with zero attached hydrogens (tertiary/aromatic N) is 3. The van der Waals surface area contributed by atoms with Crippen molar-refractivity contribution in [2.45, 2.75) is 0 Å². The summed E-state index contributed by atoms with van der Waals surface area (Å²) in [5, 5.41) is 23.4. The van der Waals surface area contributed by atoms with Crippen LogP contribution in [0.2, 0.25) is 0 Å². The molecular formula is C14H10N4O2. The molecule has 6 heteroatoms. The molecule has 0 aromatic heterocycles. The fourth-order valence-corrected chi connectivity index (χ4v) is 1.55. The second-order valence-electron chi connectivity index (χ2n) is 3.88. The normalized spacial score (nSPS) is 10.2. The molecule has 0 bridgehead atoms. The lowest BCUT2D eigenvalue weighted by Gasteiger charge is -2.01. The van der Waals surface area contributed by atoms with Gasteiger partial charge in [0.15, 0.2) is 0 Å². The number of anilines is 1. The van der Waals surface area contributed by atoms with Crippen molar-refractivity contribution in [3.05, 3.63) is 69.8 Å². The van der Waals surface area contributed by atoms with E-state index < -0.39 is 4.92 Å². The first kappa shape index (κ1) is 13.2. The monoisotopic (exact) mass is 266 g/mol. The summed E-state index contributed by atoms with van der Waals surface area (Å²) in [6, 6.07) is 15.1. The average Bonchev–Trinajstić information content (AvgIpc) is 2.48. The number of nitro groups is 1. The minimum Gasteiger partial charge on any atom is -0.272 e. The summed E-state index contributed by atoms with van der Waals surface area (Å²) in [6.07, 6.45) is 1.53. The molecule has 2 aromatic rings. The molecule has 0 radical (unpaired) electrons. The van der Waals surface area contributed by atoms with Crippen molar-refractivity contribution in [2.75, 3.05) is 5.43 Å². The van der Waals surface area contributed by atoms with Gasteiger partial charge in [0, 0.05) is 6.07 Å². The van der Waals surface area contributed by atoms with E-state index in [1.807, 2.05) is 6.07 Å². The van der Waals surface area contributed by atoms with E-state index in [0.29, 0.717) is 11.3 Å². The molecule has 0 fully saturated rings. The molecule has 0 spiro atoms. The fraction of sp³-hybridized carbons (Fsp3) is 0. The van der Waals surface area contributed by atoms with Crippen LogP contribution in [0.3, 0.4) is 0 Å². The van der Waals surface area contributed by atoms with Crippen LogP contribution in [-0.2, 0) is 0 Å². The van der Waals surface area contributed by atoms with E-state index in [2.05, 4.69) is 10.5 Å². The highest BCUT2D eigenvalue weighted by Gasteiger charge is 2.10. The summed E-state index contributed by atoms with van der Waals surface area (Å²) in [7, 11) is 0. The Morgan fingerprint density at radius 3 is 2.55 bits per heavy atom. The summed E-state index contributed by atoms with van der Waals surface area (Å²) in [6.45, 7) is 0. The molecule has 0 amide bonds. The summed E-state index contributed by atoms with van der Waals surface area (Å²) < 4.78 is 0. The maximum atomic E-state index is 10.8. The van der Waals surface area contributed by atoms with Crippen molar-refractivity contribution < 1.29 is 4.92 Å². The van der Waals surface area contributed by atoms with Gasteiger partial charge >= 0.3 is 0 Å². The Labute approximate surface area is 115 Å². The van der Waals surface area contributed by atoms with Crippen molar-refractivity contribution in [3.8, 4) is 6.07 Å². The lowest BCUT2D eigenvalue weighted by Crippen LogP contribution is -1.96. The SMILES string of the molecule is N#Cc1ccc(/C=N/Nc2ccccc2[N+](=O)[O-])cc1. The van der Waals surface area contributed by atoms with E-state index in [4.69, 9.17) is 5.26 Å². The van der Waals surface area contributed by atoms with Crippen LogP contribution in [-0.4, -0.2) is 11.1 Å². The van der Waals surface area contributed by atoms with Gasteiger partial charge in [-0.05, 0) is 23.8 Å². The fourth-order valence-electron chi connectivity index (χ4n) is 1.55. The molecule has 0 heterocycles. The highest BCUT2D eigenvalue weighted by molar-refractivity contribution is 5.80. The molecule has 2 aromatic carbocycles. The number of rotatable bonds is 4. The molecule has 98 valence electrons. The maximum absolute atomic E-state index is 10.8. The van der Waals surface area contributed by atoms with E-state index in [9.17, 15) is 10.1 Å². The first-order chi connectivity index (χ1) is 9.70. The van der Waals surface area contributed by atoms with Crippen molar-refractivity contribution in [1.29, 1.82) is 5.26 Å². The zero-order valence-corrected chi connectivity index (χ0v) is 10.4. The minimum atomic E-state index is -0.473. The molecule has 0 aliphatic heterocycles. The van der Waals surface area contributed by atoms with Crippen LogP contribution in [0.25, 0.3) is 0 Å². The lowest BCUT2D eigenvalue weighted by atomic mass is 10.2. The van der Waals surface area contributed by atoms with Crippen LogP contribution in [0.15, 0.2) is 53.6 Å². The van der Waals surface area contributed by atoms with Gasteiger partial charge in [0.1, 0.15) is 5.69 Å². The van der Waals surface area contributed by atoms with Gasteiger partial charge in [0.2, 0.25) is 0 Å². The van der Waals surface area contributed by atoms with Gasteiger partial charge in [-0.15, -0.1) is 0 Å². The number of hydrogen-bond donors (Lipinski definition) is 1. The number of nitriles is 1. The van der Waals surface area contributed by atoms with Gasteiger partial charge in [0.25, 0.3) is 5.69 Å². The molecule has 0 saturated carbocycles. The molecular weight excluding hydrogens is 256 g/mol. The molecule has 0 atom stereocenters. The van der Waals surface area contributed by atoms with E-state index in [-0.39, 0.29) is 5.69 Å². The summed E-state index contributed by atoms with van der Waals surface area (Å²) in [4.78, 5) is 10.3. The van der Waals surface area contributed by atoms with Gasteiger partial charge in [-0.1, -0.05) is 24.3 Å². The molecule has 0 unspecified atom stereocenters. The van der Waals surface area contributed by atoms with E-state index in [1.54, 1.807) is 42.5 Å². The number of nitro benzene ring substituents is 1. The van der Waals surface area contributed by atoms with Crippen LogP contribution in [0.5, 0.6) is 0 Å². The Morgan fingerprint density at radius 1 is 1.20 bits per heavy atom. The molecule has 0 aliphatic carbocycles. The quantitative estimate of drug-likeness (QED) is 0.523. The zero-order valence-electron chi connectivity index (χ0n) is 10.4.